The van der Waals surface area contributed by atoms with Crippen molar-refractivity contribution in [3.8, 4) is 0 Å². The molecule has 2 aromatic carbocycles. The summed E-state index contributed by atoms with van der Waals surface area (Å²) in [6, 6.07) is 4.75. The summed E-state index contributed by atoms with van der Waals surface area (Å²) in [6.45, 7) is 4.97. The third-order valence-corrected chi connectivity index (χ3v) is 9.60. The third kappa shape index (κ3) is 5.07. The predicted molar refractivity (Wildman–Crippen MR) is 126 cm³/mol. The van der Waals surface area contributed by atoms with E-state index in [9.17, 15) is 36.6 Å². The summed E-state index contributed by atoms with van der Waals surface area (Å²) in [7, 11) is -4.07. The van der Waals surface area contributed by atoms with Crippen LogP contribution in [0.2, 0.25) is 5.02 Å². The average Bonchev–Trinajstić information content (AvgIpc) is 2.78. The lowest BCUT2D eigenvalue weighted by Crippen LogP contribution is -2.57. The van der Waals surface area contributed by atoms with Gasteiger partial charge in [-0.1, -0.05) is 31.9 Å². The molecule has 0 heterocycles. The minimum absolute atomic E-state index is 0.0706. The smallest absolute Gasteiger partial charge is 0.255 e. The van der Waals surface area contributed by atoms with Crippen LogP contribution in [0.3, 0.4) is 0 Å². The van der Waals surface area contributed by atoms with Crippen LogP contribution in [0.4, 0.5) is 18.9 Å². The van der Waals surface area contributed by atoms with Gasteiger partial charge in [0, 0.05) is 23.4 Å². The molecule has 1 aliphatic carbocycles. The van der Waals surface area contributed by atoms with Gasteiger partial charge in [0.1, 0.15) is 0 Å². The van der Waals surface area contributed by atoms with Crippen molar-refractivity contribution in [1.29, 1.82) is 0 Å². The maximum atomic E-state index is 13.6. The first kappa shape index (κ1) is 27.4. The number of amides is 1. The van der Waals surface area contributed by atoms with Crippen LogP contribution >= 0.6 is 11.6 Å². The van der Waals surface area contributed by atoms with E-state index in [2.05, 4.69) is 5.32 Å². The largest absolute Gasteiger partial charge is 0.390 e. The van der Waals surface area contributed by atoms with E-state index in [0.717, 1.165) is 6.07 Å². The molecule has 35 heavy (non-hydrogen) atoms. The molecule has 0 saturated heterocycles. The number of nitrogens with one attached hydrogen (secondary N) is 1. The Bertz CT molecular complexity index is 1220. The maximum absolute atomic E-state index is 13.6. The highest BCUT2D eigenvalue weighted by Crippen LogP contribution is 2.46. The van der Waals surface area contributed by atoms with Gasteiger partial charge in [0.05, 0.1) is 26.9 Å². The second-order valence-electron chi connectivity index (χ2n) is 9.06. The van der Waals surface area contributed by atoms with Gasteiger partial charge in [-0.25, -0.2) is 21.6 Å². The van der Waals surface area contributed by atoms with Crippen molar-refractivity contribution in [3.63, 3.8) is 0 Å². The van der Waals surface area contributed by atoms with E-state index in [-0.39, 0.29) is 34.0 Å². The second kappa shape index (κ2) is 10.1. The van der Waals surface area contributed by atoms with E-state index < -0.39 is 62.0 Å². The average molecular weight is 534 g/mol. The number of anilines is 1. The van der Waals surface area contributed by atoms with Crippen LogP contribution in [-0.4, -0.2) is 41.5 Å². The van der Waals surface area contributed by atoms with Gasteiger partial charge in [0.15, 0.2) is 27.3 Å². The zero-order valence-electron chi connectivity index (χ0n) is 19.4. The fourth-order valence-electron chi connectivity index (χ4n) is 4.96. The van der Waals surface area contributed by atoms with Gasteiger partial charge in [0.2, 0.25) is 0 Å². The Morgan fingerprint density at radius 1 is 1.20 bits per heavy atom. The number of hydrogen-bond donors (Lipinski definition) is 3. The number of carbonyl (C=O) groups excluding carboxylic acids is 1. The molecule has 2 aromatic rings. The first-order chi connectivity index (χ1) is 16.2. The number of carbonyl (C=O) groups is 1. The summed E-state index contributed by atoms with van der Waals surface area (Å²) in [6.07, 6.45) is -0.450. The number of benzene rings is 2. The number of aliphatic hydroxyl groups excluding tert-OH is 1. The lowest BCUT2D eigenvalue weighted by molar-refractivity contribution is -0.157. The Morgan fingerprint density at radius 3 is 2.34 bits per heavy atom. The molecular weight excluding hydrogens is 507 g/mol. The summed E-state index contributed by atoms with van der Waals surface area (Å²) >= 11 is 6.20. The first-order valence-electron chi connectivity index (χ1n) is 11.1. The lowest BCUT2D eigenvalue weighted by atomic mass is 9.65. The predicted octanol–water partition coefficient (Wildman–Crippen LogP) is 4.72. The summed E-state index contributed by atoms with van der Waals surface area (Å²) in [5.74, 6) is -6.57. The van der Waals surface area contributed by atoms with Crippen LogP contribution in [-0.2, 0) is 9.84 Å². The molecule has 1 amide bonds. The van der Waals surface area contributed by atoms with E-state index in [1.54, 1.807) is 13.8 Å². The highest BCUT2D eigenvalue weighted by Gasteiger charge is 2.52. The molecule has 0 aliphatic heterocycles. The molecule has 11 heteroatoms. The van der Waals surface area contributed by atoms with Crippen LogP contribution in [0.25, 0.3) is 0 Å². The summed E-state index contributed by atoms with van der Waals surface area (Å²) < 4.78 is 67.2. The molecule has 1 saturated carbocycles. The molecule has 1 fully saturated rings. The molecule has 0 aromatic heterocycles. The molecule has 0 bridgehead atoms. The molecule has 0 radical (unpaired) electrons. The van der Waals surface area contributed by atoms with E-state index in [1.165, 1.54) is 19.1 Å². The molecule has 3 N–H and O–H groups in total. The van der Waals surface area contributed by atoms with Crippen LogP contribution in [0, 0.1) is 29.3 Å². The first-order valence-corrected chi connectivity index (χ1v) is 13.1. The van der Waals surface area contributed by atoms with Crippen LogP contribution < -0.4 is 5.32 Å². The standard InChI is InChI=1S/C24H27ClF3NO5S/c1-4-15-9-17(7-12(2)24(15,32)13(3)30)35(33,34)21-8-14(5-6-18(21)25)23(31)29-16-10-19(26)22(28)20(27)11-16/h5-6,8,10-13,15,17,30,32H,4,7,9H2,1-3H3,(H,29,31)/t12-,13?,15?,17-,24-/m0/s1. The van der Waals surface area contributed by atoms with Crippen molar-refractivity contribution in [3.05, 3.63) is 58.4 Å². The fourth-order valence-corrected chi connectivity index (χ4v) is 7.42. The van der Waals surface area contributed by atoms with Crippen molar-refractivity contribution in [1.82, 2.24) is 0 Å². The van der Waals surface area contributed by atoms with Gasteiger partial charge < -0.3 is 15.5 Å². The van der Waals surface area contributed by atoms with Crippen LogP contribution in [0.15, 0.2) is 35.2 Å². The molecule has 6 nitrogen and oxygen atoms in total. The quantitative estimate of drug-likeness (QED) is 0.466. The topological polar surface area (TPSA) is 104 Å². The van der Waals surface area contributed by atoms with E-state index >= 15 is 0 Å². The highest BCUT2D eigenvalue weighted by atomic mass is 35.5. The Labute approximate surface area is 207 Å². The van der Waals surface area contributed by atoms with Crippen LogP contribution in [0.5, 0.6) is 0 Å². The summed E-state index contributed by atoms with van der Waals surface area (Å²) in [4.78, 5) is 12.4. The minimum atomic E-state index is -4.07. The SMILES string of the molecule is CCC1C[C@@H](S(=O)(=O)c2cc(C(=O)Nc3cc(F)c(F)c(F)c3)ccc2Cl)C[C@H](C)[C@]1(O)C(C)O. The van der Waals surface area contributed by atoms with Crippen molar-refractivity contribution < 1.29 is 36.6 Å². The van der Waals surface area contributed by atoms with Gasteiger partial charge in [0.25, 0.3) is 5.91 Å². The van der Waals surface area contributed by atoms with E-state index in [4.69, 9.17) is 11.6 Å². The van der Waals surface area contributed by atoms with Crippen molar-refractivity contribution >= 4 is 33.0 Å². The zero-order valence-corrected chi connectivity index (χ0v) is 20.9. The molecular formula is C24H27ClF3NO5S. The number of halogens is 4. The monoisotopic (exact) mass is 533 g/mol. The molecule has 192 valence electrons. The fraction of sp³-hybridized carbons (Fsp3) is 0.458. The minimum Gasteiger partial charge on any atom is -0.390 e. The zero-order chi connectivity index (χ0) is 26.3. The summed E-state index contributed by atoms with van der Waals surface area (Å²) in [5.41, 5.74) is -1.93. The lowest BCUT2D eigenvalue weighted by Gasteiger charge is -2.48. The van der Waals surface area contributed by atoms with Gasteiger partial charge >= 0.3 is 0 Å². The van der Waals surface area contributed by atoms with Gasteiger partial charge in [-0.3, -0.25) is 4.79 Å². The maximum Gasteiger partial charge on any atom is 0.255 e. The van der Waals surface area contributed by atoms with Gasteiger partial charge in [-0.05, 0) is 49.8 Å². The Balaban J connectivity index is 1.92. The summed E-state index contributed by atoms with van der Waals surface area (Å²) in [5, 5.41) is 22.5. The molecule has 5 atom stereocenters. The van der Waals surface area contributed by atoms with Crippen molar-refractivity contribution in [2.24, 2.45) is 11.8 Å². The number of rotatable bonds is 6. The molecule has 2 unspecified atom stereocenters. The molecule has 0 spiro atoms. The van der Waals surface area contributed by atoms with Crippen LogP contribution in [0.1, 0.15) is 50.4 Å². The van der Waals surface area contributed by atoms with E-state index in [1.807, 2.05) is 0 Å². The second-order valence-corrected chi connectivity index (χ2v) is 11.7. The molecule has 3 rings (SSSR count). The Hall–Kier alpha value is -2.14. The molecule has 1 aliphatic rings. The van der Waals surface area contributed by atoms with Gasteiger partial charge in [-0.2, -0.15) is 0 Å². The Morgan fingerprint density at radius 2 is 1.80 bits per heavy atom. The van der Waals surface area contributed by atoms with Crippen molar-refractivity contribution in [2.45, 2.75) is 61.9 Å². The normalized spacial score (nSPS) is 25.8. The highest BCUT2D eigenvalue weighted by molar-refractivity contribution is 7.92. The van der Waals surface area contributed by atoms with Gasteiger partial charge in [-0.15, -0.1) is 0 Å². The Kier molecular flexibility index (Phi) is 7.91. The third-order valence-electron chi connectivity index (χ3n) is 6.95. The van der Waals surface area contributed by atoms with Crippen molar-refractivity contribution in [2.75, 3.05) is 5.32 Å². The van der Waals surface area contributed by atoms with E-state index in [0.29, 0.717) is 18.6 Å². The number of hydrogen-bond acceptors (Lipinski definition) is 5. The number of aliphatic hydroxyl groups is 2. The number of sulfone groups is 1.